The summed E-state index contributed by atoms with van der Waals surface area (Å²) in [7, 11) is 5.72. The van der Waals surface area contributed by atoms with E-state index in [1.807, 2.05) is 32.3 Å². The molecule has 0 saturated carbocycles. The van der Waals surface area contributed by atoms with Gasteiger partial charge in [-0.15, -0.1) is 0 Å². The van der Waals surface area contributed by atoms with Gasteiger partial charge in [0.2, 0.25) is 0 Å². The molecule has 0 aromatic heterocycles. The fourth-order valence-corrected chi connectivity index (χ4v) is 3.05. The first-order valence-electron chi connectivity index (χ1n) is 9.09. The summed E-state index contributed by atoms with van der Waals surface area (Å²) in [5.74, 6) is 1.51. The molecule has 0 aliphatic carbocycles. The lowest BCUT2D eigenvalue weighted by Gasteiger charge is -2.14. The number of unbranched alkanes of at least 4 members (excludes halogenated alkanes) is 1. The van der Waals surface area contributed by atoms with Crippen molar-refractivity contribution in [2.75, 3.05) is 39.1 Å². The topological polar surface area (TPSA) is 33.7 Å². The highest BCUT2D eigenvalue weighted by Gasteiger charge is 2.06. The van der Waals surface area contributed by atoms with Gasteiger partial charge in [-0.2, -0.15) is 0 Å². The van der Waals surface area contributed by atoms with Crippen molar-refractivity contribution in [3.8, 4) is 11.5 Å². The molecule has 0 unspecified atom stereocenters. The van der Waals surface area contributed by atoms with Gasteiger partial charge in [-0.25, -0.2) is 0 Å². The number of likely N-dealkylation sites (N-methyl/N-ethyl adjacent to an activating group) is 1. The molecule has 0 heterocycles. The summed E-state index contributed by atoms with van der Waals surface area (Å²) in [5, 5.41) is 0. The van der Waals surface area contributed by atoms with Gasteiger partial charge in [-0.05, 0) is 68.7 Å². The molecule has 2 aromatic carbocycles. The minimum Gasteiger partial charge on any atom is -0.493 e. The zero-order chi connectivity index (χ0) is 18.8. The first kappa shape index (κ1) is 20.5. The summed E-state index contributed by atoms with van der Waals surface area (Å²) < 4.78 is 14.6. The maximum atomic E-state index is 5.80. The maximum absolute atomic E-state index is 5.80. The van der Waals surface area contributed by atoms with E-state index < -0.39 is 0 Å². The third-order valence-corrected chi connectivity index (χ3v) is 4.83. The Morgan fingerprint density at radius 1 is 1.04 bits per heavy atom. The number of nitrogens with one attached hydrogen (secondary N) is 1. The Balaban J connectivity index is 1.90. The Bertz CT molecular complexity index is 660. The molecule has 0 amide bonds. The lowest BCUT2D eigenvalue weighted by molar-refractivity contribution is 0.251. The van der Waals surface area contributed by atoms with E-state index in [0.29, 0.717) is 6.61 Å². The zero-order valence-corrected chi connectivity index (χ0v) is 17.1. The molecule has 0 aliphatic heterocycles. The van der Waals surface area contributed by atoms with Crippen LogP contribution in [-0.2, 0) is 6.42 Å². The van der Waals surface area contributed by atoms with Crippen molar-refractivity contribution in [2.45, 2.75) is 31.1 Å². The van der Waals surface area contributed by atoms with Gasteiger partial charge in [0.15, 0.2) is 11.5 Å². The van der Waals surface area contributed by atoms with Crippen molar-refractivity contribution in [1.29, 1.82) is 0 Å². The SMILES string of the molecule is CCCCc1ccc(SNc2ccc(OCCN(C)C)c(OC)c2)cc1. The van der Waals surface area contributed by atoms with Gasteiger partial charge in [0.1, 0.15) is 6.61 Å². The van der Waals surface area contributed by atoms with E-state index in [0.717, 1.165) is 30.2 Å². The van der Waals surface area contributed by atoms with E-state index in [2.05, 4.69) is 40.8 Å². The van der Waals surface area contributed by atoms with E-state index in [-0.39, 0.29) is 0 Å². The largest absolute Gasteiger partial charge is 0.493 e. The number of benzene rings is 2. The lowest BCUT2D eigenvalue weighted by Crippen LogP contribution is -2.19. The molecule has 0 bridgehead atoms. The minimum absolute atomic E-state index is 0.634. The molecule has 0 fully saturated rings. The first-order valence-corrected chi connectivity index (χ1v) is 9.91. The molecule has 0 saturated heterocycles. The highest BCUT2D eigenvalue weighted by atomic mass is 32.2. The Kier molecular flexibility index (Phi) is 8.65. The van der Waals surface area contributed by atoms with Gasteiger partial charge in [0.25, 0.3) is 0 Å². The van der Waals surface area contributed by atoms with Gasteiger partial charge in [-0.3, -0.25) is 0 Å². The van der Waals surface area contributed by atoms with Crippen molar-refractivity contribution < 1.29 is 9.47 Å². The van der Waals surface area contributed by atoms with Crippen LogP contribution in [0.2, 0.25) is 0 Å². The van der Waals surface area contributed by atoms with Gasteiger partial charge < -0.3 is 19.1 Å². The molecule has 26 heavy (non-hydrogen) atoms. The van der Waals surface area contributed by atoms with E-state index in [4.69, 9.17) is 9.47 Å². The zero-order valence-electron chi connectivity index (χ0n) is 16.2. The van der Waals surface area contributed by atoms with Crippen LogP contribution in [0.3, 0.4) is 0 Å². The van der Waals surface area contributed by atoms with E-state index in [1.54, 1.807) is 19.1 Å². The Morgan fingerprint density at radius 3 is 2.46 bits per heavy atom. The van der Waals surface area contributed by atoms with Crippen molar-refractivity contribution in [1.82, 2.24) is 4.90 Å². The fraction of sp³-hybridized carbons (Fsp3) is 0.429. The van der Waals surface area contributed by atoms with Crippen LogP contribution in [-0.4, -0.2) is 39.3 Å². The van der Waals surface area contributed by atoms with Crippen molar-refractivity contribution in [3.05, 3.63) is 48.0 Å². The molecular weight excluding hydrogens is 344 g/mol. The minimum atomic E-state index is 0.634. The molecule has 2 rings (SSSR count). The second-order valence-corrected chi connectivity index (χ2v) is 7.35. The summed E-state index contributed by atoms with van der Waals surface area (Å²) in [5.41, 5.74) is 2.39. The molecule has 1 N–H and O–H groups in total. The molecule has 2 aromatic rings. The first-order chi connectivity index (χ1) is 12.6. The number of rotatable bonds is 11. The highest BCUT2D eigenvalue weighted by molar-refractivity contribution is 8.00. The predicted molar refractivity (Wildman–Crippen MR) is 112 cm³/mol. The average Bonchev–Trinajstić information content (AvgIpc) is 2.66. The number of anilines is 1. The molecule has 5 heteroatoms. The Hall–Kier alpha value is -1.85. The number of ether oxygens (including phenoxy) is 2. The third kappa shape index (κ3) is 6.81. The summed E-state index contributed by atoms with van der Waals surface area (Å²) in [6.45, 7) is 3.73. The van der Waals surface area contributed by atoms with Crippen LogP contribution in [0.4, 0.5) is 5.69 Å². The Morgan fingerprint density at radius 2 is 1.81 bits per heavy atom. The number of hydrogen-bond donors (Lipinski definition) is 1. The van der Waals surface area contributed by atoms with Crippen LogP contribution in [0.25, 0.3) is 0 Å². The summed E-state index contributed by atoms with van der Waals surface area (Å²) >= 11 is 1.60. The lowest BCUT2D eigenvalue weighted by atomic mass is 10.1. The summed E-state index contributed by atoms with van der Waals surface area (Å²) in [6, 6.07) is 14.7. The predicted octanol–water partition coefficient (Wildman–Crippen LogP) is 5.10. The van der Waals surface area contributed by atoms with Crippen LogP contribution in [0.1, 0.15) is 25.3 Å². The van der Waals surface area contributed by atoms with Crippen LogP contribution in [0.5, 0.6) is 11.5 Å². The van der Waals surface area contributed by atoms with Crippen LogP contribution in [0, 0.1) is 0 Å². The summed E-state index contributed by atoms with van der Waals surface area (Å²) in [6.07, 6.45) is 3.63. The van der Waals surface area contributed by atoms with Crippen LogP contribution < -0.4 is 14.2 Å². The smallest absolute Gasteiger partial charge is 0.162 e. The monoisotopic (exact) mass is 374 g/mol. The number of hydrogen-bond acceptors (Lipinski definition) is 5. The molecule has 0 aliphatic rings. The van der Waals surface area contributed by atoms with Gasteiger partial charge in [0, 0.05) is 23.2 Å². The number of nitrogens with zero attached hydrogens (tertiary/aromatic N) is 1. The summed E-state index contributed by atoms with van der Waals surface area (Å²) in [4.78, 5) is 3.28. The number of methoxy groups -OCH3 is 1. The third-order valence-electron chi connectivity index (χ3n) is 3.99. The van der Waals surface area contributed by atoms with Gasteiger partial charge in [0.05, 0.1) is 7.11 Å². The quantitative estimate of drug-likeness (QED) is 0.554. The van der Waals surface area contributed by atoms with E-state index >= 15 is 0 Å². The van der Waals surface area contributed by atoms with E-state index in [9.17, 15) is 0 Å². The molecule has 142 valence electrons. The second kappa shape index (κ2) is 11.0. The molecule has 0 spiro atoms. The molecule has 0 atom stereocenters. The molecular formula is C21H30N2O2S. The Labute approximate surface area is 162 Å². The number of aryl methyl sites for hydroxylation is 1. The van der Waals surface area contributed by atoms with Gasteiger partial charge in [-0.1, -0.05) is 25.5 Å². The standard InChI is InChI=1S/C21H30N2O2S/c1-5-6-7-17-8-11-19(12-9-17)26-22-18-10-13-20(21(16-18)24-4)25-15-14-23(2)3/h8-13,16,22H,5-7,14-15H2,1-4H3. The van der Waals surface area contributed by atoms with Crippen molar-refractivity contribution >= 4 is 17.6 Å². The maximum Gasteiger partial charge on any atom is 0.162 e. The normalized spacial score (nSPS) is 10.8. The van der Waals surface area contributed by atoms with Crippen LogP contribution in [0.15, 0.2) is 47.4 Å². The van der Waals surface area contributed by atoms with Crippen molar-refractivity contribution in [2.24, 2.45) is 0 Å². The second-order valence-electron chi connectivity index (χ2n) is 6.47. The van der Waals surface area contributed by atoms with Gasteiger partial charge >= 0.3 is 0 Å². The van der Waals surface area contributed by atoms with Crippen molar-refractivity contribution in [3.63, 3.8) is 0 Å². The average molecular weight is 375 g/mol. The highest BCUT2D eigenvalue weighted by Crippen LogP contribution is 2.32. The molecule has 4 nitrogen and oxygen atoms in total. The fourth-order valence-electron chi connectivity index (χ4n) is 2.41. The van der Waals surface area contributed by atoms with E-state index in [1.165, 1.54) is 23.3 Å². The molecule has 0 radical (unpaired) electrons. The van der Waals surface area contributed by atoms with Crippen LogP contribution >= 0.6 is 11.9 Å².